The first kappa shape index (κ1) is 19.2. The Balaban J connectivity index is 1.49. The van der Waals surface area contributed by atoms with Crippen molar-refractivity contribution < 1.29 is 14.3 Å². The fourth-order valence-corrected chi connectivity index (χ4v) is 3.39. The molecule has 7 heteroatoms. The lowest BCUT2D eigenvalue weighted by Gasteiger charge is -2.06. The number of ether oxygens (including phenoxy) is 1. The number of nitrogens with zero attached hydrogens (tertiary/aromatic N) is 1. The molecule has 144 valence electrons. The molecule has 1 heterocycles. The fourth-order valence-electron chi connectivity index (χ4n) is 2.88. The van der Waals surface area contributed by atoms with Crippen LogP contribution in [-0.2, 0) is 4.74 Å². The van der Waals surface area contributed by atoms with Crippen LogP contribution in [0.2, 0.25) is 10.0 Å². The average Bonchev–Trinajstić information content (AvgIpc) is 3.16. The second-order valence-corrected chi connectivity index (χ2v) is 7.15. The van der Waals surface area contributed by atoms with Gasteiger partial charge in [0.25, 0.3) is 0 Å². The number of Topliss-reactive ketones (excluding diaryl/α,β-unsaturated/α-hetero) is 1. The van der Waals surface area contributed by atoms with E-state index in [-0.39, 0.29) is 10.6 Å². The highest BCUT2D eigenvalue weighted by molar-refractivity contribution is 6.36. The lowest BCUT2D eigenvalue weighted by atomic mass is 10.1. The third-order valence-electron chi connectivity index (χ3n) is 4.33. The monoisotopic (exact) mass is 424 g/mol. The Morgan fingerprint density at radius 1 is 0.966 bits per heavy atom. The summed E-state index contributed by atoms with van der Waals surface area (Å²) in [5.74, 6) is -0.311. The maximum Gasteiger partial charge on any atom is 0.338 e. The molecule has 0 bridgehead atoms. The molecular weight excluding hydrogens is 411 g/mol. The number of carbonyl (C=O) groups excluding carboxylic acids is 2. The van der Waals surface area contributed by atoms with E-state index in [0.29, 0.717) is 21.9 Å². The highest BCUT2D eigenvalue weighted by Gasteiger charge is 2.16. The third-order valence-corrected chi connectivity index (χ3v) is 4.88. The summed E-state index contributed by atoms with van der Waals surface area (Å²) < 4.78 is 5.16. The number of halogens is 2. The Bertz CT molecular complexity index is 1220. The molecule has 0 aliphatic heterocycles. The van der Waals surface area contributed by atoms with E-state index < -0.39 is 18.4 Å². The number of carbonyl (C=O) groups is 2. The number of ketones is 1. The van der Waals surface area contributed by atoms with Crippen molar-refractivity contribution in [3.8, 4) is 11.4 Å². The van der Waals surface area contributed by atoms with E-state index >= 15 is 0 Å². The van der Waals surface area contributed by atoms with Gasteiger partial charge in [-0.25, -0.2) is 9.78 Å². The summed E-state index contributed by atoms with van der Waals surface area (Å²) in [4.78, 5) is 32.4. The Labute approximate surface area is 176 Å². The molecule has 0 atom stereocenters. The number of hydrogen-bond donors (Lipinski definition) is 1. The van der Waals surface area contributed by atoms with Crippen LogP contribution in [0.3, 0.4) is 0 Å². The molecule has 1 N–H and O–H groups in total. The van der Waals surface area contributed by atoms with Crippen molar-refractivity contribution in [2.24, 2.45) is 0 Å². The first-order valence-electron chi connectivity index (χ1n) is 8.72. The summed E-state index contributed by atoms with van der Waals surface area (Å²) in [5.41, 5.74) is 2.93. The zero-order chi connectivity index (χ0) is 20.4. The molecule has 0 saturated carbocycles. The molecule has 5 nitrogen and oxygen atoms in total. The van der Waals surface area contributed by atoms with Gasteiger partial charge < -0.3 is 9.72 Å². The largest absolute Gasteiger partial charge is 0.454 e. The number of fused-ring (bicyclic) bond motifs is 1. The van der Waals surface area contributed by atoms with Gasteiger partial charge in [-0.2, -0.15) is 0 Å². The zero-order valence-electron chi connectivity index (χ0n) is 15.0. The van der Waals surface area contributed by atoms with E-state index in [2.05, 4.69) is 9.97 Å². The van der Waals surface area contributed by atoms with Crippen LogP contribution in [0, 0.1) is 0 Å². The molecule has 0 saturated heterocycles. The molecule has 1 aromatic heterocycles. The Hall–Kier alpha value is -3.15. The van der Waals surface area contributed by atoms with Gasteiger partial charge in [0.15, 0.2) is 6.61 Å². The first-order valence-corrected chi connectivity index (χ1v) is 9.47. The van der Waals surface area contributed by atoms with Gasteiger partial charge in [0.1, 0.15) is 5.82 Å². The molecule has 0 unspecified atom stereocenters. The number of hydrogen-bond acceptors (Lipinski definition) is 4. The van der Waals surface area contributed by atoms with Crippen molar-refractivity contribution in [2.45, 2.75) is 0 Å². The SMILES string of the molecule is O=C(OCC(=O)c1ccc(Cl)cc1Cl)c1ccc2nc(-c3ccccc3)[nH]c2c1. The summed E-state index contributed by atoms with van der Waals surface area (Å²) in [6.45, 7) is -0.420. The molecule has 4 rings (SSSR count). The maximum absolute atomic E-state index is 12.4. The van der Waals surface area contributed by atoms with E-state index in [4.69, 9.17) is 27.9 Å². The van der Waals surface area contributed by atoms with E-state index in [0.717, 1.165) is 11.1 Å². The summed E-state index contributed by atoms with van der Waals surface area (Å²) >= 11 is 11.8. The minimum Gasteiger partial charge on any atom is -0.454 e. The van der Waals surface area contributed by atoms with Crippen LogP contribution in [-0.4, -0.2) is 28.3 Å². The predicted molar refractivity (Wildman–Crippen MR) is 113 cm³/mol. The molecule has 0 fully saturated rings. The number of aromatic nitrogens is 2. The van der Waals surface area contributed by atoms with Gasteiger partial charge >= 0.3 is 5.97 Å². The highest BCUT2D eigenvalue weighted by Crippen LogP contribution is 2.23. The second kappa shape index (κ2) is 8.07. The zero-order valence-corrected chi connectivity index (χ0v) is 16.5. The van der Waals surface area contributed by atoms with Crippen molar-refractivity contribution in [1.29, 1.82) is 0 Å². The second-order valence-electron chi connectivity index (χ2n) is 6.31. The van der Waals surface area contributed by atoms with E-state index in [1.54, 1.807) is 24.3 Å². The van der Waals surface area contributed by atoms with Crippen molar-refractivity contribution in [2.75, 3.05) is 6.61 Å². The van der Waals surface area contributed by atoms with Gasteiger partial charge in [0.2, 0.25) is 5.78 Å². The lowest BCUT2D eigenvalue weighted by molar-refractivity contribution is 0.0475. The van der Waals surface area contributed by atoms with Crippen LogP contribution in [0.1, 0.15) is 20.7 Å². The summed E-state index contributed by atoms with van der Waals surface area (Å²) in [6.07, 6.45) is 0. The lowest BCUT2D eigenvalue weighted by Crippen LogP contribution is -2.14. The molecule has 0 aliphatic carbocycles. The quantitative estimate of drug-likeness (QED) is 0.335. The normalized spacial score (nSPS) is 10.8. The van der Waals surface area contributed by atoms with Gasteiger partial charge in [0, 0.05) is 16.1 Å². The molecule has 0 aliphatic rings. The summed E-state index contributed by atoms with van der Waals surface area (Å²) in [5, 5.41) is 0.636. The third kappa shape index (κ3) is 4.16. The van der Waals surface area contributed by atoms with Crippen LogP contribution in [0.4, 0.5) is 0 Å². The summed E-state index contributed by atoms with van der Waals surface area (Å²) in [7, 11) is 0. The molecular formula is C22H14Cl2N2O3. The van der Waals surface area contributed by atoms with Crippen molar-refractivity contribution >= 4 is 46.0 Å². The fraction of sp³-hybridized carbons (Fsp3) is 0.0455. The van der Waals surface area contributed by atoms with Gasteiger partial charge in [-0.1, -0.05) is 53.5 Å². The number of benzene rings is 3. The molecule has 4 aromatic rings. The van der Waals surface area contributed by atoms with Gasteiger partial charge in [-0.05, 0) is 36.4 Å². The molecule has 3 aromatic carbocycles. The number of H-pyrrole nitrogens is 1. The molecule has 0 amide bonds. The Morgan fingerprint density at radius 2 is 1.76 bits per heavy atom. The Kier molecular flexibility index (Phi) is 5.34. The first-order chi connectivity index (χ1) is 14.0. The standard InChI is InChI=1S/C22H14Cl2N2O3/c23-15-7-8-16(17(24)11-15)20(27)12-29-22(28)14-6-9-18-19(10-14)26-21(25-18)13-4-2-1-3-5-13/h1-11H,12H2,(H,25,26). The number of nitrogens with one attached hydrogen (secondary N) is 1. The van der Waals surface area contributed by atoms with Gasteiger partial charge in [-0.3, -0.25) is 4.79 Å². The number of aromatic amines is 1. The van der Waals surface area contributed by atoms with Crippen LogP contribution < -0.4 is 0 Å². The van der Waals surface area contributed by atoms with E-state index in [1.807, 2.05) is 30.3 Å². The minimum absolute atomic E-state index is 0.214. The van der Waals surface area contributed by atoms with Crippen LogP contribution in [0.5, 0.6) is 0 Å². The molecule has 0 radical (unpaired) electrons. The number of esters is 1. The molecule has 0 spiro atoms. The predicted octanol–water partition coefficient (Wildman–Crippen LogP) is 5.58. The number of imidazole rings is 1. The van der Waals surface area contributed by atoms with Crippen LogP contribution in [0.25, 0.3) is 22.4 Å². The summed E-state index contributed by atoms with van der Waals surface area (Å²) in [6, 6.07) is 19.2. The average molecular weight is 425 g/mol. The highest BCUT2D eigenvalue weighted by atomic mass is 35.5. The van der Waals surface area contributed by atoms with Crippen molar-refractivity contribution in [1.82, 2.24) is 9.97 Å². The van der Waals surface area contributed by atoms with Crippen molar-refractivity contribution in [3.63, 3.8) is 0 Å². The minimum atomic E-state index is -0.610. The van der Waals surface area contributed by atoms with Crippen molar-refractivity contribution in [3.05, 3.63) is 87.9 Å². The van der Waals surface area contributed by atoms with E-state index in [1.165, 1.54) is 12.1 Å². The van der Waals surface area contributed by atoms with Gasteiger partial charge in [-0.15, -0.1) is 0 Å². The topological polar surface area (TPSA) is 72.1 Å². The smallest absolute Gasteiger partial charge is 0.338 e. The number of rotatable bonds is 5. The van der Waals surface area contributed by atoms with E-state index in [9.17, 15) is 9.59 Å². The van der Waals surface area contributed by atoms with Crippen LogP contribution >= 0.6 is 23.2 Å². The molecule has 29 heavy (non-hydrogen) atoms. The van der Waals surface area contributed by atoms with Crippen LogP contribution in [0.15, 0.2) is 66.7 Å². The Morgan fingerprint density at radius 3 is 2.52 bits per heavy atom. The maximum atomic E-state index is 12.4. The van der Waals surface area contributed by atoms with Gasteiger partial charge in [0.05, 0.1) is 21.6 Å².